The summed E-state index contributed by atoms with van der Waals surface area (Å²) in [7, 11) is 0. The number of rotatable bonds is 4. The van der Waals surface area contributed by atoms with Crippen molar-refractivity contribution in [2.45, 2.75) is 31.6 Å². The Hall–Kier alpha value is -1.64. The lowest BCUT2D eigenvalue weighted by Gasteiger charge is -2.28. The van der Waals surface area contributed by atoms with E-state index in [0.29, 0.717) is 18.4 Å². The molecule has 0 saturated heterocycles. The molecular formula is C16H19FO2. The minimum atomic E-state index is -1.02. The van der Waals surface area contributed by atoms with Crippen molar-refractivity contribution >= 4 is 5.97 Å². The highest BCUT2D eigenvalue weighted by molar-refractivity contribution is 5.85. The molecule has 19 heavy (non-hydrogen) atoms. The van der Waals surface area contributed by atoms with Crippen LogP contribution < -0.4 is 0 Å². The summed E-state index contributed by atoms with van der Waals surface area (Å²) in [6.07, 6.45) is 4.24. The first-order chi connectivity index (χ1) is 9.16. The van der Waals surface area contributed by atoms with Crippen molar-refractivity contribution in [1.29, 1.82) is 0 Å². The van der Waals surface area contributed by atoms with Crippen molar-refractivity contribution in [2.24, 2.45) is 5.92 Å². The Kier molecular flexibility index (Phi) is 4.72. The van der Waals surface area contributed by atoms with Crippen LogP contribution in [0, 0.1) is 5.92 Å². The summed E-state index contributed by atoms with van der Waals surface area (Å²) in [6, 6.07) is 10.5. The molecule has 1 saturated carbocycles. The lowest BCUT2D eigenvalue weighted by atomic mass is 9.79. The van der Waals surface area contributed by atoms with Crippen molar-refractivity contribution in [3.8, 4) is 0 Å². The molecular weight excluding hydrogens is 243 g/mol. The topological polar surface area (TPSA) is 26.3 Å². The van der Waals surface area contributed by atoms with Crippen LogP contribution in [0.2, 0.25) is 0 Å². The van der Waals surface area contributed by atoms with Gasteiger partial charge in [-0.3, -0.25) is 0 Å². The van der Waals surface area contributed by atoms with Gasteiger partial charge in [0, 0.05) is 0 Å². The first kappa shape index (κ1) is 13.8. The van der Waals surface area contributed by atoms with Crippen molar-refractivity contribution in [3.63, 3.8) is 0 Å². The Morgan fingerprint density at radius 3 is 2.42 bits per heavy atom. The van der Waals surface area contributed by atoms with E-state index in [1.165, 1.54) is 5.56 Å². The fraction of sp³-hybridized carbons (Fsp3) is 0.438. The Morgan fingerprint density at radius 2 is 1.84 bits per heavy atom. The van der Waals surface area contributed by atoms with Crippen LogP contribution in [0.25, 0.3) is 0 Å². The van der Waals surface area contributed by atoms with E-state index in [9.17, 15) is 9.18 Å². The molecule has 0 unspecified atom stereocenters. The van der Waals surface area contributed by atoms with Crippen LogP contribution in [0.4, 0.5) is 4.39 Å². The molecule has 0 heterocycles. The zero-order chi connectivity index (χ0) is 13.7. The van der Waals surface area contributed by atoms with E-state index in [4.69, 9.17) is 4.74 Å². The van der Waals surface area contributed by atoms with Gasteiger partial charge in [0.15, 0.2) is 0 Å². The highest BCUT2D eigenvalue weighted by Crippen LogP contribution is 2.35. The minimum Gasteiger partial charge on any atom is -0.460 e. The highest BCUT2D eigenvalue weighted by atomic mass is 19.1. The second-order valence-corrected chi connectivity index (χ2v) is 5.13. The van der Waals surface area contributed by atoms with E-state index in [2.05, 4.69) is 30.8 Å². The number of hydrogen-bond acceptors (Lipinski definition) is 2. The summed E-state index contributed by atoms with van der Waals surface area (Å²) in [6.45, 7) is 3.24. The van der Waals surface area contributed by atoms with Gasteiger partial charge in [-0.1, -0.05) is 36.9 Å². The summed E-state index contributed by atoms with van der Waals surface area (Å²) in [5, 5.41) is 0. The minimum absolute atomic E-state index is 0.309. The number of carbonyl (C=O) groups excluding carboxylic acids is 1. The summed E-state index contributed by atoms with van der Waals surface area (Å²) in [5.74, 6) is -0.990. The maximum absolute atomic E-state index is 12.5. The maximum atomic E-state index is 12.5. The molecule has 1 fully saturated rings. The highest BCUT2D eigenvalue weighted by Gasteiger charge is 2.23. The number of halogens is 1. The second-order valence-electron chi connectivity index (χ2n) is 5.13. The molecule has 0 N–H and O–H groups in total. The van der Waals surface area contributed by atoms with Crippen LogP contribution in [-0.2, 0) is 9.53 Å². The van der Waals surface area contributed by atoms with Gasteiger partial charge in [-0.2, -0.15) is 4.39 Å². The standard InChI is InChI=1S/C16H19FO2/c1-12(17)16(18)19-11-13-7-9-15(10-8-13)14-5-3-2-4-6-14/h2-6,13,15H,1,7-11H2. The summed E-state index contributed by atoms with van der Waals surface area (Å²) in [5.41, 5.74) is 1.38. The van der Waals surface area contributed by atoms with Gasteiger partial charge in [0.2, 0.25) is 5.83 Å². The van der Waals surface area contributed by atoms with Gasteiger partial charge < -0.3 is 4.74 Å². The summed E-state index contributed by atoms with van der Waals surface area (Å²) < 4.78 is 17.3. The largest absolute Gasteiger partial charge is 0.460 e. The van der Waals surface area contributed by atoms with Gasteiger partial charge in [-0.15, -0.1) is 0 Å². The van der Waals surface area contributed by atoms with Crippen LogP contribution in [-0.4, -0.2) is 12.6 Å². The lowest BCUT2D eigenvalue weighted by molar-refractivity contribution is -0.142. The van der Waals surface area contributed by atoms with Crippen LogP contribution in [0.3, 0.4) is 0 Å². The van der Waals surface area contributed by atoms with Crippen LogP contribution >= 0.6 is 0 Å². The lowest BCUT2D eigenvalue weighted by Crippen LogP contribution is -2.19. The van der Waals surface area contributed by atoms with Gasteiger partial charge in [0.05, 0.1) is 6.61 Å². The molecule has 0 radical (unpaired) electrons. The van der Waals surface area contributed by atoms with E-state index >= 15 is 0 Å². The first-order valence-corrected chi connectivity index (χ1v) is 6.73. The smallest absolute Gasteiger partial charge is 0.366 e. The van der Waals surface area contributed by atoms with Gasteiger partial charge >= 0.3 is 5.97 Å². The Morgan fingerprint density at radius 1 is 1.21 bits per heavy atom. The summed E-state index contributed by atoms with van der Waals surface area (Å²) in [4.78, 5) is 11.0. The molecule has 0 spiro atoms. The van der Waals surface area contributed by atoms with Gasteiger partial charge in [0.1, 0.15) is 0 Å². The maximum Gasteiger partial charge on any atom is 0.366 e. The molecule has 0 aromatic heterocycles. The second kappa shape index (κ2) is 6.50. The Bertz CT molecular complexity index is 433. The molecule has 2 nitrogen and oxygen atoms in total. The van der Waals surface area contributed by atoms with Crippen molar-refractivity contribution in [1.82, 2.24) is 0 Å². The molecule has 0 bridgehead atoms. The number of benzene rings is 1. The van der Waals surface area contributed by atoms with E-state index in [-0.39, 0.29) is 0 Å². The first-order valence-electron chi connectivity index (χ1n) is 6.73. The quantitative estimate of drug-likeness (QED) is 0.606. The predicted molar refractivity (Wildman–Crippen MR) is 72.3 cm³/mol. The summed E-state index contributed by atoms with van der Waals surface area (Å²) >= 11 is 0. The number of carbonyl (C=O) groups is 1. The fourth-order valence-corrected chi connectivity index (χ4v) is 2.66. The SMILES string of the molecule is C=C(F)C(=O)OCC1CCC(c2ccccc2)CC1. The molecule has 1 aliphatic rings. The Labute approximate surface area is 113 Å². The third-order valence-electron chi connectivity index (χ3n) is 3.79. The third-order valence-corrected chi connectivity index (χ3v) is 3.79. The van der Waals surface area contributed by atoms with Gasteiger partial charge in [-0.05, 0) is 43.1 Å². The van der Waals surface area contributed by atoms with E-state index in [1.807, 2.05) is 6.07 Å². The number of ether oxygens (including phenoxy) is 1. The van der Waals surface area contributed by atoms with Crippen LogP contribution in [0.15, 0.2) is 42.7 Å². The number of hydrogen-bond donors (Lipinski definition) is 0. The fourth-order valence-electron chi connectivity index (χ4n) is 2.66. The zero-order valence-corrected chi connectivity index (χ0v) is 11.0. The van der Waals surface area contributed by atoms with E-state index in [0.717, 1.165) is 25.7 Å². The Balaban J connectivity index is 1.77. The average Bonchev–Trinajstić information content (AvgIpc) is 2.46. The van der Waals surface area contributed by atoms with Gasteiger partial charge in [0.25, 0.3) is 0 Å². The monoisotopic (exact) mass is 262 g/mol. The zero-order valence-electron chi connectivity index (χ0n) is 11.0. The third kappa shape index (κ3) is 3.91. The number of esters is 1. The molecule has 102 valence electrons. The molecule has 3 heteroatoms. The van der Waals surface area contributed by atoms with Crippen molar-refractivity contribution < 1.29 is 13.9 Å². The molecule has 0 amide bonds. The van der Waals surface area contributed by atoms with Gasteiger partial charge in [-0.25, -0.2) is 4.79 Å². The molecule has 1 aromatic rings. The van der Waals surface area contributed by atoms with Crippen LogP contribution in [0.1, 0.15) is 37.2 Å². The normalized spacial score (nSPS) is 22.8. The molecule has 2 rings (SSSR count). The van der Waals surface area contributed by atoms with Crippen LogP contribution in [0.5, 0.6) is 0 Å². The van der Waals surface area contributed by atoms with Crippen molar-refractivity contribution in [3.05, 3.63) is 48.3 Å². The molecule has 0 atom stereocenters. The van der Waals surface area contributed by atoms with E-state index in [1.54, 1.807) is 0 Å². The molecule has 1 aliphatic carbocycles. The molecule has 1 aromatic carbocycles. The molecule has 0 aliphatic heterocycles. The average molecular weight is 262 g/mol. The van der Waals surface area contributed by atoms with E-state index < -0.39 is 11.8 Å². The predicted octanol–water partition coefficient (Wildman–Crippen LogP) is 3.99. The van der Waals surface area contributed by atoms with Crippen molar-refractivity contribution in [2.75, 3.05) is 6.61 Å².